The zero-order chi connectivity index (χ0) is 25.1. The number of nitrogens with zero attached hydrogens (tertiary/aromatic N) is 3. The van der Waals surface area contributed by atoms with Crippen molar-refractivity contribution in [1.82, 2.24) is 25.2 Å². The van der Waals surface area contributed by atoms with Gasteiger partial charge in [-0.05, 0) is 48.7 Å². The molecule has 2 aromatic carbocycles. The van der Waals surface area contributed by atoms with Crippen LogP contribution in [0.4, 0.5) is 5.69 Å². The van der Waals surface area contributed by atoms with E-state index in [1.165, 1.54) is 11.1 Å². The van der Waals surface area contributed by atoms with E-state index in [-0.39, 0.29) is 18.6 Å². The zero-order valence-corrected chi connectivity index (χ0v) is 21.1. The lowest BCUT2D eigenvalue weighted by atomic mass is 10.1. The molecule has 0 unspecified atom stereocenters. The predicted octanol–water partition coefficient (Wildman–Crippen LogP) is 4.40. The number of rotatable bonds is 8. The lowest BCUT2D eigenvalue weighted by Crippen LogP contribution is -2.26. The molecule has 0 bridgehead atoms. The molecule has 0 aliphatic carbocycles. The summed E-state index contributed by atoms with van der Waals surface area (Å²) in [6, 6.07) is 16.2. The molecule has 36 heavy (non-hydrogen) atoms. The van der Waals surface area contributed by atoms with Gasteiger partial charge < -0.3 is 20.4 Å². The summed E-state index contributed by atoms with van der Waals surface area (Å²) in [7, 11) is 1.58. The van der Waals surface area contributed by atoms with Gasteiger partial charge in [-0.1, -0.05) is 35.9 Å². The summed E-state index contributed by atoms with van der Waals surface area (Å²) >= 11 is 6.58. The lowest BCUT2D eigenvalue weighted by molar-refractivity contribution is -0.122. The SMILES string of the molecule is CNC(=O)COc1ccc(-c2nc3ncc(Cl)c(N[C@H]4CCN(Cc5ccccc5C)C4)c3[nH]2)cc1. The van der Waals surface area contributed by atoms with Crippen molar-refractivity contribution in [2.45, 2.75) is 25.9 Å². The monoisotopic (exact) mass is 504 g/mol. The second kappa shape index (κ2) is 10.6. The van der Waals surface area contributed by atoms with Gasteiger partial charge in [0.25, 0.3) is 5.91 Å². The number of likely N-dealkylation sites (N-methyl/N-ethyl adjacent to an activating group) is 1. The van der Waals surface area contributed by atoms with E-state index in [2.05, 4.69) is 61.7 Å². The zero-order valence-electron chi connectivity index (χ0n) is 20.3. The summed E-state index contributed by atoms with van der Waals surface area (Å²) in [6.45, 7) is 5.05. The fourth-order valence-electron chi connectivity index (χ4n) is 4.47. The number of carbonyl (C=O) groups is 1. The van der Waals surface area contributed by atoms with E-state index in [9.17, 15) is 4.79 Å². The Bertz CT molecular complexity index is 1370. The van der Waals surface area contributed by atoms with Crippen LogP contribution in [0.3, 0.4) is 0 Å². The third-order valence-corrected chi connectivity index (χ3v) is 6.81. The average molecular weight is 505 g/mol. The van der Waals surface area contributed by atoms with E-state index in [1.807, 2.05) is 24.3 Å². The number of amides is 1. The first kappa shape index (κ1) is 24.1. The van der Waals surface area contributed by atoms with Crippen LogP contribution in [0.1, 0.15) is 17.5 Å². The minimum absolute atomic E-state index is 0.0263. The minimum atomic E-state index is -0.181. The first-order chi connectivity index (χ1) is 17.5. The third kappa shape index (κ3) is 5.29. The number of ether oxygens (including phenoxy) is 1. The van der Waals surface area contributed by atoms with Crippen LogP contribution in [-0.4, -0.2) is 58.5 Å². The molecule has 5 rings (SSSR count). The number of benzene rings is 2. The average Bonchev–Trinajstić information content (AvgIpc) is 3.53. The van der Waals surface area contributed by atoms with Crippen molar-refractivity contribution in [2.75, 3.05) is 32.1 Å². The van der Waals surface area contributed by atoms with Gasteiger partial charge in [0.2, 0.25) is 0 Å². The van der Waals surface area contributed by atoms with Crippen LogP contribution < -0.4 is 15.4 Å². The molecule has 1 amide bonds. The molecule has 8 nitrogen and oxygen atoms in total. The van der Waals surface area contributed by atoms with E-state index in [0.29, 0.717) is 22.2 Å². The number of pyridine rings is 1. The topological polar surface area (TPSA) is 95.2 Å². The maximum Gasteiger partial charge on any atom is 0.257 e. The van der Waals surface area contributed by atoms with E-state index < -0.39 is 0 Å². The van der Waals surface area contributed by atoms with E-state index >= 15 is 0 Å². The van der Waals surface area contributed by atoms with Gasteiger partial charge in [0.15, 0.2) is 12.3 Å². The number of fused-ring (bicyclic) bond motifs is 1. The Balaban J connectivity index is 1.30. The van der Waals surface area contributed by atoms with Gasteiger partial charge in [0.1, 0.15) is 17.1 Å². The lowest BCUT2D eigenvalue weighted by Gasteiger charge is -2.19. The number of carbonyl (C=O) groups excluding carboxylic acids is 1. The van der Waals surface area contributed by atoms with Gasteiger partial charge in [0.05, 0.1) is 16.9 Å². The number of anilines is 1. The van der Waals surface area contributed by atoms with Gasteiger partial charge in [-0.25, -0.2) is 9.97 Å². The number of aromatic amines is 1. The van der Waals surface area contributed by atoms with Crippen LogP contribution in [0, 0.1) is 6.92 Å². The molecule has 1 aliphatic rings. The maximum atomic E-state index is 11.4. The molecule has 1 saturated heterocycles. The highest BCUT2D eigenvalue weighted by atomic mass is 35.5. The van der Waals surface area contributed by atoms with Crippen LogP contribution in [0.15, 0.2) is 54.7 Å². The first-order valence-electron chi connectivity index (χ1n) is 12.0. The normalized spacial score (nSPS) is 15.8. The third-order valence-electron chi connectivity index (χ3n) is 6.53. The quantitative estimate of drug-likeness (QED) is 0.329. The number of aryl methyl sites for hydroxylation is 1. The van der Waals surface area contributed by atoms with Gasteiger partial charge in [-0.2, -0.15) is 0 Å². The maximum absolute atomic E-state index is 11.4. The Morgan fingerprint density at radius 2 is 2.03 bits per heavy atom. The summed E-state index contributed by atoms with van der Waals surface area (Å²) in [4.78, 5) is 26.4. The number of hydrogen-bond acceptors (Lipinski definition) is 6. The number of hydrogen-bond donors (Lipinski definition) is 3. The van der Waals surface area contributed by atoms with Crippen molar-refractivity contribution in [2.24, 2.45) is 0 Å². The summed E-state index contributed by atoms with van der Waals surface area (Å²) in [6.07, 6.45) is 2.68. The fraction of sp³-hybridized carbons (Fsp3) is 0.296. The molecule has 1 fully saturated rings. The molecule has 0 saturated carbocycles. The molecular weight excluding hydrogens is 476 g/mol. The first-order valence-corrected chi connectivity index (χ1v) is 12.4. The van der Waals surface area contributed by atoms with Crippen molar-refractivity contribution in [1.29, 1.82) is 0 Å². The predicted molar refractivity (Wildman–Crippen MR) is 142 cm³/mol. The Hall–Kier alpha value is -3.62. The fourth-order valence-corrected chi connectivity index (χ4v) is 4.67. The van der Waals surface area contributed by atoms with E-state index in [4.69, 9.17) is 16.3 Å². The van der Waals surface area contributed by atoms with Gasteiger partial charge >= 0.3 is 0 Å². The summed E-state index contributed by atoms with van der Waals surface area (Å²) < 4.78 is 5.48. The van der Waals surface area contributed by atoms with Gasteiger partial charge in [0, 0.05) is 38.3 Å². The van der Waals surface area contributed by atoms with Crippen LogP contribution >= 0.6 is 11.6 Å². The summed E-state index contributed by atoms with van der Waals surface area (Å²) in [5.41, 5.74) is 5.79. The molecule has 1 atom stereocenters. The highest BCUT2D eigenvalue weighted by Crippen LogP contribution is 2.32. The molecule has 1 aliphatic heterocycles. The summed E-state index contributed by atoms with van der Waals surface area (Å²) in [5.74, 6) is 1.12. The standard InChI is InChI=1S/C27H29ClN6O2/c1-17-5-3-4-6-19(17)14-34-12-11-20(15-34)31-24-22(28)13-30-27-25(24)32-26(33-27)18-7-9-21(10-8-18)36-16-23(35)29-2/h3-10,13,20H,11-12,14-16H2,1-2H3,(H,29,35)(H2,30,31,32,33)/t20-/m0/s1. The number of aromatic nitrogens is 3. The van der Waals surface area contributed by atoms with Gasteiger partial charge in [-0.3, -0.25) is 9.69 Å². The largest absolute Gasteiger partial charge is 0.484 e. The van der Waals surface area contributed by atoms with E-state index in [0.717, 1.165) is 42.8 Å². The molecule has 0 spiro atoms. The second-order valence-electron chi connectivity index (χ2n) is 9.04. The number of halogens is 1. The Labute approximate surface area is 215 Å². The second-order valence-corrected chi connectivity index (χ2v) is 9.45. The molecule has 186 valence electrons. The Morgan fingerprint density at radius 3 is 2.81 bits per heavy atom. The molecule has 0 radical (unpaired) electrons. The van der Waals surface area contributed by atoms with Crippen molar-refractivity contribution in [3.8, 4) is 17.1 Å². The van der Waals surface area contributed by atoms with Crippen LogP contribution in [0.2, 0.25) is 5.02 Å². The Morgan fingerprint density at radius 1 is 1.22 bits per heavy atom. The van der Waals surface area contributed by atoms with Crippen LogP contribution in [0.5, 0.6) is 5.75 Å². The number of imidazole rings is 1. The molecule has 9 heteroatoms. The minimum Gasteiger partial charge on any atom is -0.484 e. The number of nitrogens with one attached hydrogen (secondary N) is 3. The number of H-pyrrole nitrogens is 1. The molecular formula is C27H29ClN6O2. The van der Waals surface area contributed by atoms with E-state index in [1.54, 1.807) is 13.2 Å². The van der Waals surface area contributed by atoms with Crippen molar-refractivity contribution in [3.63, 3.8) is 0 Å². The highest BCUT2D eigenvalue weighted by Gasteiger charge is 2.25. The van der Waals surface area contributed by atoms with Crippen LogP contribution in [0.25, 0.3) is 22.6 Å². The van der Waals surface area contributed by atoms with Gasteiger partial charge in [-0.15, -0.1) is 0 Å². The van der Waals surface area contributed by atoms with Crippen molar-refractivity contribution in [3.05, 3.63) is 70.9 Å². The smallest absolute Gasteiger partial charge is 0.257 e. The van der Waals surface area contributed by atoms with Crippen molar-refractivity contribution >= 4 is 34.4 Å². The molecule has 4 aromatic rings. The highest BCUT2D eigenvalue weighted by molar-refractivity contribution is 6.34. The summed E-state index contributed by atoms with van der Waals surface area (Å²) in [5, 5.41) is 6.74. The number of likely N-dealkylation sites (tertiary alicyclic amines) is 1. The molecule has 3 N–H and O–H groups in total. The van der Waals surface area contributed by atoms with Crippen molar-refractivity contribution < 1.29 is 9.53 Å². The molecule has 3 heterocycles. The van der Waals surface area contributed by atoms with Crippen LogP contribution in [-0.2, 0) is 11.3 Å². The Kier molecular flexibility index (Phi) is 7.06. The molecule has 2 aromatic heterocycles.